The Balaban J connectivity index is 5.05. The van der Waals surface area contributed by atoms with Gasteiger partial charge in [-0.1, -0.05) is 66.7 Å². The summed E-state index contributed by atoms with van der Waals surface area (Å²) in [4.78, 5) is 39.1. The molecule has 0 amide bonds. The first-order valence-corrected chi connectivity index (χ1v) is 16.9. The predicted molar refractivity (Wildman–Crippen MR) is 167 cm³/mol. The van der Waals surface area contributed by atoms with Crippen molar-refractivity contribution in [2.45, 2.75) is 145 Å². The molecule has 2 atom stereocenters. The zero-order chi connectivity index (χ0) is 30.8. The molecule has 0 aliphatic heterocycles. The molecule has 0 N–H and O–H groups in total. The van der Waals surface area contributed by atoms with Gasteiger partial charge in [0.2, 0.25) is 0 Å². The van der Waals surface area contributed by atoms with Crippen molar-refractivity contribution in [1.82, 2.24) is 0 Å². The highest BCUT2D eigenvalue weighted by Gasteiger charge is 2.45. The smallest absolute Gasteiger partial charge is 0.311 e. The van der Waals surface area contributed by atoms with Crippen molar-refractivity contribution in [3.8, 4) is 0 Å². The van der Waals surface area contributed by atoms with Crippen molar-refractivity contribution in [2.75, 3.05) is 24.7 Å². The highest BCUT2D eigenvalue weighted by atomic mass is 32.2. The van der Waals surface area contributed by atoms with Crippen LogP contribution in [0.15, 0.2) is 0 Å². The second kappa shape index (κ2) is 19.8. The molecule has 0 radical (unpaired) electrons. The molecule has 0 saturated carbocycles. The second-order valence-corrected chi connectivity index (χ2v) is 14.9. The van der Waals surface area contributed by atoms with Gasteiger partial charge < -0.3 is 14.2 Å². The largest absolute Gasteiger partial charge is 0.465 e. The van der Waals surface area contributed by atoms with Crippen LogP contribution in [0.25, 0.3) is 0 Å². The molecular formula is C33H62O6S. The summed E-state index contributed by atoms with van der Waals surface area (Å²) in [5.41, 5.74) is -2.13. The third kappa shape index (κ3) is 17.5. The number of hydrogen-bond acceptors (Lipinski definition) is 7. The Morgan fingerprint density at radius 3 is 1.80 bits per heavy atom. The quantitative estimate of drug-likeness (QED) is 0.0712. The third-order valence-corrected chi connectivity index (χ3v) is 8.34. The van der Waals surface area contributed by atoms with E-state index in [0.29, 0.717) is 19.6 Å². The van der Waals surface area contributed by atoms with Crippen LogP contribution in [0, 0.1) is 22.7 Å². The molecule has 40 heavy (non-hydrogen) atoms. The van der Waals surface area contributed by atoms with Crippen LogP contribution >= 0.6 is 11.8 Å². The maximum Gasteiger partial charge on any atom is 0.311 e. The lowest BCUT2D eigenvalue weighted by atomic mass is 9.67. The molecule has 0 heterocycles. The van der Waals surface area contributed by atoms with Crippen LogP contribution in [0.3, 0.4) is 0 Å². The Hall–Kier alpha value is -1.24. The van der Waals surface area contributed by atoms with Gasteiger partial charge in [-0.15, -0.1) is 0 Å². The fourth-order valence-corrected chi connectivity index (χ4v) is 5.72. The van der Waals surface area contributed by atoms with E-state index in [1.165, 1.54) is 37.2 Å². The standard InChI is InChI=1S/C33H62O6S/c1-11-13-18-22-40-23-19-16-15-17-21-38-30(36)33(9,10)25-27(29(35)39-31(4,5)6)32(7,8)24-26(3)28(34)37-20-14-12-2/h26-27H,11-25H2,1-10H3. The fraction of sp³-hybridized carbons (Fsp3) is 0.909. The van der Waals surface area contributed by atoms with Crippen molar-refractivity contribution in [3.05, 3.63) is 0 Å². The summed E-state index contributed by atoms with van der Waals surface area (Å²) in [6.45, 7) is 20.1. The summed E-state index contributed by atoms with van der Waals surface area (Å²) in [6.07, 6.45) is 10.7. The molecule has 0 spiro atoms. The molecule has 2 unspecified atom stereocenters. The minimum absolute atomic E-state index is 0.252. The van der Waals surface area contributed by atoms with Crippen LogP contribution in [0.5, 0.6) is 0 Å². The van der Waals surface area contributed by atoms with Gasteiger partial charge in [0.1, 0.15) is 5.60 Å². The molecule has 6 nitrogen and oxygen atoms in total. The maximum absolute atomic E-state index is 13.4. The zero-order valence-electron chi connectivity index (χ0n) is 27.6. The molecule has 0 rings (SSSR count). The first-order valence-electron chi connectivity index (χ1n) is 15.7. The first-order chi connectivity index (χ1) is 18.6. The fourth-order valence-electron chi connectivity index (χ4n) is 4.70. The summed E-state index contributed by atoms with van der Waals surface area (Å²) >= 11 is 2.04. The number of carbonyl (C=O) groups is 3. The van der Waals surface area contributed by atoms with E-state index in [-0.39, 0.29) is 30.2 Å². The van der Waals surface area contributed by atoms with Crippen LogP contribution < -0.4 is 0 Å². The summed E-state index contributed by atoms with van der Waals surface area (Å²) in [6, 6.07) is 0. The average molecular weight is 587 g/mol. The van der Waals surface area contributed by atoms with Crippen molar-refractivity contribution in [2.24, 2.45) is 22.7 Å². The summed E-state index contributed by atoms with van der Waals surface area (Å²) in [5, 5.41) is 0. The van der Waals surface area contributed by atoms with E-state index in [9.17, 15) is 14.4 Å². The van der Waals surface area contributed by atoms with Crippen molar-refractivity contribution in [1.29, 1.82) is 0 Å². The van der Waals surface area contributed by atoms with Crippen molar-refractivity contribution < 1.29 is 28.6 Å². The Morgan fingerprint density at radius 1 is 0.675 bits per heavy atom. The summed E-state index contributed by atoms with van der Waals surface area (Å²) in [7, 11) is 0. The highest BCUT2D eigenvalue weighted by Crippen LogP contribution is 2.43. The number of rotatable bonds is 22. The summed E-state index contributed by atoms with van der Waals surface area (Å²) < 4.78 is 16.9. The molecule has 0 aromatic rings. The van der Waals surface area contributed by atoms with E-state index >= 15 is 0 Å². The third-order valence-electron chi connectivity index (χ3n) is 7.19. The molecule has 0 aliphatic rings. The number of carbonyl (C=O) groups excluding carboxylic acids is 3. The van der Waals surface area contributed by atoms with Gasteiger partial charge in [-0.3, -0.25) is 14.4 Å². The Morgan fingerprint density at radius 2 is 1.23 bits per heavy atom. The number of esters is 3. The molecule has 0 aliphatic carbocycles. The number of unbranched alkanes of at least 4 members (excludes halogenated alkanes) is 6. The lowest BCUT2D eigenvalue weighted by Gasteiger charge is -2.39. The van der Waals surface area contributed by atoms with Gasteiger partial charge in [0.05, 0.1) is 30.5 Å². The minimum Gasteiger partial charge on any atom is -0.465 e. The van der Waals surface area contributed by atoms with E-state index in [0.717, 1.165) is 32.1 Å². The van der Waals surface area contributed by atoms with Crippen LogP contribution in [0.2, 0.25) is 0 Å². The van der Waals surface area contributed by atoms with E-state index < -0.39 is 22.3 Å². The van der Waals surface area contributed by atoms with Crippen molar-refractivity contribution in [3.63, 3.8) is 0 Å². The number of ether oxygens (including phenoxy) is 3. The normalized spacial score (nSPS) is 13.9. The molecule has 0 fully saturated rings. The molecule has 0 saturated heterocycles. The van der Waals surface area contributed by atoms with Crippen molar-refractivity contribution >= 4 is 29.7 Å². The first kappa shape index (κ1) is 38.8. The number of hydrogen-bond donors (Lipinski definition) is 0. The maximum atomic E-state index is 13.4. The van der Waals surface area contributed by atoms with Crippen LogP contribution in [-0.4, -0.2) is 48.2 Å². The minimum atomic E-state index is -0.876. The topological polar surface area (TPSA) is 78.9 Å². The molecule has 7 heteroatoms. The second-order valence-electron chi connectivity index (χ2n) is 13.7. The monoisotopic (exact) mass is 586 g/mol. The van der Waals surface area contributed by atoms with E-state index in [1.807, 2.05) is 67.2 Å². The Bertz CT molecular complexity index is 725. The Labute approximate surface area is 250 Å². The van der Waals surface area contributed by atoms with Crippen LogP contribution in [0.4, 0.5) is 0 Å². The zero-order valence-corrected chi connectivity index (χ0v) is 28.4. The average Bonchev–Trinajstić information content (AvgIpc) is 2.84. The Kier molecular flexibility index (Phi) is 19.2. The van der Waals surface area contributed by atoms with E-state index in [1.54, 1.807) is 0 Å². The van der Waals surface area contributed by atoms with Gasteiger partial charge in [-0.25, -0.2) is 0 Å². The highest BCUT2D eigenvalue weighted by molar-refractivity contribution is 7.99. The lowest BCUT2D eigenvalue weighted by molar-refractivity contribution is -0.170. The van der Waals surface area contributed by atoms with E-state index in [2.05, 4.69) is 13.8 Å². The predicted octanol–water partition coefficient (Wildman–Crippen LogP) is 8.78. The van der Waals surface area contributed by atoms with Gasteiger partial charge in [0.25, 0.3) is 0 Å². The van der Waals surface area contributed by atoms with Gasteiger partial charge in [0.15, 0.2) is 0 Å². The van der Waals surface area contributed by atoms with Crippen LogP contribution in [0.1, 0.15) is 140 Å². The van der Waals surface area contributed by atoms with Gasteiger partial charge >= 0.3 is 17.9 Å². The van der Waals surface area contributed by atoms with Gasteiger partial charge in [0, 0.05) is 0 Å². The molecular weight excluding hydrogens is 524 g/mol. The molecule has 236 valence electrons. The van der Waals surface area contributed by atoms with Gasteiger partial charge in [-0.2, -0.15) is 11.8 Å². The molecule has 0 bridgehead atoms. The van der Waals surface area contributed by atoms with E-state index in [4.69, 9.17) is 14.2 Å². The lowest BCUT2D eigenvalue weighted by Crippen LogP contribution is -2.42. The molecule has 0 aromatic carbocycles. The van der Waals surface area contributed by atoms with Crippen LogP contribution in [-0.2, 0) is 28.6 Å². The number of thioether (sulfide) groups is 1. The molecule has 0 aromatic heterocycles. The van der Waals surface area contributed by atoms with Gasteiger partial charge in [-0.05, 0) is 90.1 Å². The SMILES string of the molecule is CCCCCSCCCCCCOC(=O)C(C)(C)CC(C(=O)OC(C)(C)C)C(C)(C)CC(C)C(=O)OCCCC. The summed E-state index contributed by atoms with van der Waals surface area (Å²) in [5.74, 6) is 0.597.